The number of para-hydroxylation sites is 1. The monoisotopic (exact) mass is 269 g/mol. The van der Waals surface area contributed by atoms with Gasteiger partial charge in [0, 0.05) is 0 Å². The maximum Gasteiger partial charge on any atom is 0.126 e. The number of hydrogen-bond donors (Lipinski definition) is 1. The van der Waals surface area contributed by atoms with Crippen LogP contribution < -0.4 is 10.5 Å². The van der Waals surface area contributed by atoms with Gasteiger partial charge >= 0.3 is 0 Å². The lowest BCUT2D eigenvalue weighted by atomic mass is 9.85. The van der Waals surface area contributed by atoms with Gasteiger partial charge in [-0.25, -0.2) is 0 Å². The van der Waals surface area contributed by atoms with Gasteiger partial charge in [-0.15, -0.1) is 12.4 Å². The molecule has 0 heterocycles. The Balaban J connectivity index is 0.00000162. The lowest BCUT2D eigenvalue weighted by molar-refractivity contribution is 0.271. The Morgan fingerprint density at radius 2 is 1.89 bits per heavy atom. The van der Waals surface area contributed by atoms with E-state index >= 15 is 0 Å². The van der Waals surface area contributed by atoms with Crippen molar-refractivity contribution in [3.05, 3.63) is 29.3 Å². The predicted molar refractivity (Wildman–Crippen MR) is 78.8 cm³/mol. The van der Waals surface area contributed by atoms with Gasteiger partial charge in [0.1, 0.15) is 12.4 Å². The van der Waals surface area contributed by atoms with Crippen LogP contribution >= 0.6 is 12.4 Å². The van der Waals surface area contributed by atoms with Crippen LogP contribution in [0.2, 0.25) is 0 Å². The quantitative estimate of drug-likeness (QED) is 0.910. The summed E-state index contributed by atoms with van der Waals surface area (Å²) in [6, 6.07) is 6.34. The molecule has 1 aliphatic carbocycles. The molecule has 1 aliphatic rings. The van der Waals surface area contributed by atoms with Crippen LogP contribution in [-0.4, -0.2) is 12.1 Å². The molecule has 1 aromatic carbocycles. The van der Waals surface area contributed by atoms with E-state index in [0.29, 0.717) is 6.61 Å². The molecule has 0 aliphatic heterocycles. The first kappa shape index (κ1) is 15.3. The SMILES string of the molecule is Cc1cccc(C(C)(C)C)c1OCC1(N)CC1.Cl. The summed E-state index contributed by atoms with van der Waals surface area (Å²) < 4.78 is 6.00. The van der Waals surface area contributed by atoms with E-state index in [1.165, 1.54) is 11.1 Å². The normalized spacial score (nSPS) is 16.9. The van der Waals surface area contributed by atoms with Gasteiger partial charge in [-0.1, -0.05) is 39.0 Å². The van der Waals surface area contributed by atoms with Gasteiger partial charge in [0.15, 0.2) is 0 Å². The molecule has 2 N–H and O–H groups in total. The van der Waals surface area contributed by atoms with E-state index in [1.807, 2.05) is 0 Å². The molecule has 0 amide bonds. The fraction of sp³-hybridized carbons (Fsp3) is 0.600. The first-order chi connectivity index (χ1) is 7.82. The highest BCUT2D eigenvalue weighted by atomic mass is 35.5. The summed E-state index contributed by atoms with van der Waals surface area (Å²) >= 11 is 0. The number of benzene rings is 1. The average molecular weight is 270 g/mol. The van der Waals surface area contributed by atoms with Crippen molar-refractivity contribution < 1.29 is 4.74 Å². The number of nitrogens with two attached hydrogens (primary N) is 1. The van der Waals surface area contributed by atoms with E-state index in [2.05, 4.69) is 45.9 Å². The lowest BCUT2D eigenvalue weighted by Crippen LogP contribution is -2.30. The summed E-state index contributed by atoms with van der Waals surface area (Å²) in [6.07, 6.45) is 2.17. The van der Waals surface area contributed by atoms with Crippen LogP contribution in [0, 0.1) is 6.92 Å². The molecule has 2 rings (SSSR count). The Morgan fingerprint density at radius 3 is 2.39 bits per heavy atom. The Kier molecular flexibility index (Phi) is 4.34. The molecule has 0 saturated heterocycles. The fourth-order valence-electron chi connectivity index (χ4n) is 1.96. The highest BCUT2D eigenvalue weighted by Crippen LogP contribution is 2.37. The van der Waals surface area contributed by atoms with E-state index in [9.17, 15) is 0 Å². The maximum absolute atomic E-state index is 6.08. The molecule has 2 nitrogen and oxygen atoms in total. The summed E-state index contributed by atoms with van der Waals surface area (Å²) in [4.78, 5) is 0. The molecule has 0 radical (unpaired) electrons. The van der Waals surface area contributed by atoms with Gasteiger partial charge in [-0.2, -0.15) is 0 Å². The van der Waals surface area contributed by atoms with Crippen molar-refractivity contribution >= 4 is 12.4 Å². The van der Waals surface area contributed by atoms with Crippen molar-refractivity contribution in [3.63, 3.8) is 0 Å². The first-order valence-electron chi connectivity index (χ1n) is 6.34. The van der Waals surface area contributed by atoms with E-state index in [-0.39, 0.29) is 23.4 Å². The van der Waals surface area contributed by atoms with Gasteiger partial charge < -0.3 is 10.5 Å². The summed E-state index contributed by atoms with van der Waals surface area (Å²) in [7, 11) is 0. The zero-order valence-electron chi connectivity index (χ0n) is 11.7. The van der Waals surface area contributed by atoms with Crippen LogP contribution in [-0.2, 0) is 5.41 Å². The molecule has 0 unspecified atom stereocenters. The molecule has 0 spiro atoms. The highest BCUT2D eigenvalue weighted by Gasteiger charge is 2.39. The van der Waals surface area contributed by atoms with Gasteiger partial charge in [-0.05, 0) is 36.3 Å². The lowest BCUT2D eigenvalue weighted by Gasteiger charge is -2.25. The molecule has 18 heavy (non-hydrogen) atoms. The van der Waals surface area contributed by atoms with E-state index < -0.39 is 0 Å². The Bertz CT molecular complexity index is 419. The van der Waals surface area contributed by atoms with Crippen molar-refractivity contribution in [1.82, 2.24) is 0 Å². The fourth-order valence-corrected chi connectivity index (χ4v) is 1.96. The third-order valence-corrected chi connectivity index (χ3v) is 3.42. The van der Waals surface area contributed by atoms with Crippen molar-refractivity contribution in [2.24, 2.45) is 5.73 Å². The second kappa shape index (κ2) is 5.10. The third kappa shape index (κ3) is 3.39. The summed E-state index contributed by atoms with van der Waals surface area (Å²) in [5.41, 5.74) is 8.59. The molecule has 1 aromatic rings. The minimum Gasteiger partial charge on any atom is -0.491 e. The molecular formula is C15H24ClNO. The van der Waals surface area contributed by atoms with Gasteiger partial charge in [0.05, 0.1) is 5.54 Å². The molecule has 1 saturated carbocycles. The Labute approximate surface area is 116 Å². The molecular weight excluding hydrogens is 246 g/mol. The van der Waals surface area contributed by atoms with Gasteiger partial charge in [-0.3, -0.25) is 0 Å². The molecule has 1 fully saturated rings. The van der Waals surface area contributed by atoms with E-state index in [4.69, 9.17) is 10.5 Å². The minimum absolute atomic E-state index is 0. The molecule has 102 valence electrons. The van der Waals surface area contributed by atoms with Crippen molar-refractivity contribution in [3.8, 4) is 5.75 Å². The number of hydrogen-bond acceptors (Lipinski definition) is 2. The molecule has 0 bridgehead atoms. The second-order valence-electron chi connectivity index (χ2n) is 6.35. The summed E-state index contributed by atoms with van der Waals surface area (Å²) in [5, 5.41) is 0. The first-order valence-corrected chi connectivity index (χ1v) is 6.34. The minimum atomic E-state index is -0.0581. The van der Waals surface area contributed by atoms with Crippen molar-refractivity contribution in [1.29, 1.82) is 0 Å². The van der Waals surface area contributed by atoms with Crippen LogP contribution in [0.1, 0.15) is 44.7 Å². The predicted octanol–water partition coefficient (Wildman–Crippen LogP) is 3.58. The topological polar surface area (TPSA) is 35.2 Å². The zero-order valence-corrected chi connectivity index (χ0v) is 12.6. The largest absolute Gasteiger partial charge is 0.491 e. The smallest absolute Gasteiger partial charge is 0.126 e. The third-order valence-electron chi connectivity index (χ3n) is 3.42. The standard InChI is InChI=1S/C15H23NO.ClH/c1-11-6-5-7-12(14(2,3)4)13(11)17-10-15(16)8-9-15;/h5-7H,8-10,16H2,1-4H3;1H. The van der Waals surface area contributed by atoms with Crippen LogP contribution in [0.15, 0.2) is 18.2 Å². The Hall–Kier alpha value is -0.730. The van der Waals surface area contributed by atoms with Crippen LogP contribution in [0.5, 0.6) is 5.75 Å². The van der Waals surface area contributed by atoms with Crippen molar-refractivity contribution in [2.75, 3.05) is 6.61 Å². The number of ether oxygens (including phenoxy) is 1. The van der Waals surface area contributed by atoms with Crippen molar-refractivity contribution in [2.45, 2.75) is 51.5 Å². The number of aryl methyl sites for hydroxylation is 1. The maximum atomic E-state index is 6.08. The second-order valence-corrected chi connectivity index (χ2v) is 6.35. The average Bonchev–Trinajstić information content (AvgIpc) is 2.93. The highest BCUT2D eigenvalue weighted by molar-refractivity contribution is 5.85. The Morgan fingerprint density at radius 1 is 1.28 bits per heavy atom. The van der Waals surface area contributed by atoms with Gasteiger partial charge in [0.25, 0.3) is 0 Å². The molecule has 0 aromatic heterocycles. The van der Waals surface area contributed by atoms with E-state index in [0.717, 1.165) is 18.6 Å². The van der Waals surface area contributed by atoms with E-state index in [1.54, 1.807) is 0 Å². The molecule has 0 atom stereocenters. The van der Waals surface area contributed by atoms with Crippen LogP contribution in [0.25, 0.3) is 0 Å². The van der Waals surface area contributed by atoms with Crippen LogP contribution in [0.4, 0.5) is 0 Å². The van der Waals surface area contributed by atoms with Crippen LogP contribution in [0.3, 0.4) is 0 Å². The van der Waals surface area contributed by atoms with Gasteiger partial charge in [0.2, 0.25) is 0 Å². The summed E-state index contributed by atoms with van der Waals surface area (Å²) in [5.74, 6) is 1.02. The number of rotatable bonds is 3. The zero-order chi connectivity index (χ0) is 12.7. The number of halogens is 1. The summed E-state index contributed by atoms with van der Waals surface area (Å²) in [6.45, 7) is 9.37. The molecule has 3 heteroatoms.